The summed E-state index contributed by atoms with van der Waals surface area (Å²) >= 11 is 6.20. The first-order valence-electron chi connectivity index (χ1n) is 6.12. The van der Waals surface area contributed by atoms with Gasteiger partial charge in [-0.1, -0.05) is 41.9 Å². The van der Waals surface area contributed by atoms with Crippen LogP contribution in [-0.2, 0) is 0 Å². The summed E-state index contributed by atoms with van der Waals surface area (Å²) in [5, 5.41) is 0.589. The van der Waals surface area contributed by atoms with Crippen molar-refractivity contribution >= 4 is 17.9 Å². The lowest BCUT2D eigenvalue weighted by Crippen LogP contribution is -2.05. The third-order valence-corrected chi connectivity index (χ3v) is 2.97. The molecule has 0 saturated carbocycles. The molecule has 0 amide bonds. The lowest BCUT2D eigenvalue weighted by molar-refractivity contribution is 0.112. The summed E-state index contributed by atoms with van der Waals surface area (Å²) in [5.74, 6) is 0.685. The molecule has 2 aromatic carbocycles. The van der Waals surface area contributed by atoms with Crippen LogP contribution in [0.2, 0.25) is 5.02 Å². The van der Waals surface area contributed by atoms with Crippen LogP contribution < -0.4 is 4.74 Å². The van der Waals surface area contributed by atoms with Gasteiger partial charge in [0.25, 0.3) is 0 Å². The van der Waals surface area contributed by atoms with Crippen LogP contribution in [0.25, 0.3) is 11.1 Å². The van der Waals surface area contributed by atoms with Gasteiger partial charge in [-0.2, -0.15) is 0 Å². The first kappa shape index (κ1) is 13.6. The molecule has 98 valence electrons. The van der Waals surface area contributed by atoms with E-state index in [1.165, 1.54) is 0 Å². The molecule has 2 nitrogen and oxygen atoms in total. The molecule has 0 aliphatic heterocycles. The fourth-order valence-corrected chi connectivity index (χ4v) is 2.01. The molecule has 0 unspecified atom stereocenters. The predicted octanol–water partition coefficient (Wildman–Crippen LogP) is 4.61. The Morgan fingerprint density at radius 2 is 1.68 bits per heavy atom. The van der Waals surface area contributed by atoms with E-state index >= 15 is 0 Å². The van der Waals surface area contributed by atoms with E-state index in [1.54, 1.807) is 12.1 Å². The van der Waals surface area contributed by atoms with Gasteiger partial charge >= 0.3 is 0 Å². The van der Waals surface area contributed by atoms with Crippen molar-refractivity contribution in [2.75, 3.05) is 0 Å². The highest BCUT2D eigenvalue weighted by atomic mass is 35.5. The molecule has 3 heteroatoms. The molecule has 0 aromatic heterocycles. The largest absolute Gasteiger partial charge is 0.489 e. The number of rotatable bonds is 4. The van der Waals surface area contributed by atoms with Crippen molar-refractivity contribution in [3.05, 3.63) is 53.1 Å². The quantitative estimate of drug-likeness (QED) is 0.761. The third-order valence-electron chi connectivity index (χ3n) is 2.67. The predicted molar refractivity (Wildman–Crippen MR) is 78.0 cm³/mol. The minimum Gasteiger partial charge on any atom is -0.489 e. The zero-order chi connectivity index (χ0) is 13.8. The van der Waals surface area contributed by atoms with Gasteiger partial charge in [-0.3, -0.25) is 4.79 Å². The molecule has 0 fully saturated rings. The molecule has 0 aliphatic rings. The van der Waals surface area contributed by atoms with Crippen molar-refractivity contribution < 1.29 is 9.53 Å². The van der Waals surface area contributed by atoms with Gasteiger partial charge < -0.3 is 4.74 Å². The molecular weight excluding hydrogens is 260 g/mol. The molecule has 19 heavy (non-hydrogen) atoms. The minimum atomic E-state index is 0.0928. The van der Waals surface area contributed by atoms with E-state index in [9.17, 15) is 4.79 Å². The highest BCUT2D eigenvalue weighted by Crippen LogP contribution is 2.31. The molecule has 0 aliphatic carbocycles. The van der Waals surface area contributed by atoms with E-state index in [0.717, 1.165) is 17.4 Å². The van der Waals surface area contributed by atoms with Crippen LogP contribution in [0.15, 0.2) is 42.5 Å². The van der Waals surface area contributed by atoms with E-state index in [2.05, 4.69) is 0 Å². The highest BCUT2D eigenvalue weighted by molar-refractivity contribution is 6.32. The van der Waals surface area contributed by atoms with Gasteiger partial charge in [0, 0.05) is 5.56 Å². The Kier molecular flexibility index (Phi) is 4.23. The molecule has 2 rings (SSSR count). The molecule has 0 N–H and O–H groups in total. The van der Waals surface area contributed by atoms with Crippen molar-refractivity contribution in [3.8, 4) is 16.9 Å². The Balaban J connectivity index is 2.30. The maximum Gasteiger partial charge on any atom is 0.150 e. The number of carbonyl (C=O) groups excluding carboxylic acids is 1. The van der Waals surface area contributed by atoms with Crippen LogP contribution in [-0.4, -0.2) is 12.4 Å². The summed E-state index contributed by atoms with van der Waals surface area (Å²) in [6.45, 7) is 3.92. The number of ether oxygens (including phenoxy) is 1. The number of halogens is 1. The molecule has 0 saturated heterocycles. The Hall–Kier alpha value is -1.80. The standard InChI is InChI=1S/C16H15ClO2/c1-11(2)19-16-8-7-14(9-15(16)17)13-5-3-12(10-18)4-6-13/h3-11H,1-2H3. The van der Waals surface area contributed by atoms with E-state index in [-0.39, 0.29) is 6.10 Å². The molecule has 0 spiro atoms. The first-order chi connectivity index (χ1) is 9.10. The Morgan fingerprint density at radius 1 is 1.05 bits per heavy atom. The summed E-state index contributed by atoms with van der Waals surface area (Å²) in [6, 6.07) is 13.1. The fourth-order valence-electron chi connectivity index (χ4n) is 1.78. The Labute approximate surface area is 118 Å². The molecule has 0 radical (unpaired) electrons. The zero-order valence-electron chi connectivity index (χ0n) is 10.9. The van der Waals surface area contributed by atoms with Crippen LogP contribution >= 0.6 is 11.6 Å². The van der Waals surface area contributed by atoms with E-state index in [1.807, 2.05) is 44.2 Å². The first-order valence-corrected chi connectivity index (χ1v) is 6.50. The summed E-state index contributed by atoms with van der Waals surface area (Å²) in [5.41, 5.74) is 2.68. The number of hydrogen-bond donors (Lipinski definition) is 0. The van der Waals surface area contributed by atoms with Gasteiger partial charge in [0.15, 0.2) is 0 Å². The topological polar surface area (TPSA) is 26.3 Å². The molecule has 0 atom stereocenters. The summed E-state index contributed by atoms with van der Waals surface area (Å²) < 4.78 is 5.59. The van der Waals surface area contributed by atoms with Gasteiger partial charge in [0.2, 0.25) is 0 Å². The van der Waals surface area contributed by atoms with Gasteiger partial charge in [0.05, 0.1) is 11.1 Å². The second kappa shape index (κ2) is 5.89. The highest BCUT2D eigenvalue weighted by Gasteiger charge is 2.06. The van der Waals surface area contributed by atoms with Crippen LogP contribution in [0, 0.1) is 0 Å². The second-order valence-electron chi connectivity index (χ2n) is 4.55. The summed E-state index contributed by atoms with van der Waals surface area (Å²) in [7, 11) is 0. The van der Waals surface area contributed by atoms with Crippen molar-refractivity contribution in [1.29, 1.82) is 0 Å². The molecule has 0 heterocycles. The van der Waals surface area contributed by atoms with Gasteiger partial charge in [-0.15, -0.1) is 0 Å². The molecule has 0 bridgehead atoms. The minimum absolute atomic E-state index is 0.0928. The van der Waals surface area contributed by atoms with E-state index < -0.39 is 0 Å². The fraction of sp³-hybridized carbons (Fsp3) is 0.188. The number of hydrogen-bond acceptors (Lipinski definition) is 2. The van der Waals surface area contributed by atoms with Gasteiger partial charge in [-0.25, -0.2) is 0 Å². The van der Waals surface area contributed by atoms with Crippen LogP contribution in [0.1, 0.15) is 24.2 Å². The molecule has 2 aromatic rings. The maximum absolute atomic E-state index is 10.6. The van der Waals surface area contributed by atoms with Crippen molar-refractivity contribution in [3.63, 3.8) is 0 Å². The maximum atomic E-state index is 10.6. The number of benzene rings is 2. The van der Waals surface area contributed by atoms with Crippen molar-refractivity contribution in [2.24, 2.45) is 0 Å². The van der Waals surface area contributed by atoms with E-state index in [0.29, 0.717) is 16.3 Å². The Bertz CT molecular complexity index is 574. The second-order valence-corrected chi connectivity index (χ2v) is 4.96. The summed E-state index contributed by atoms with van der Waals surface area (Å²) in [6.07, 6.45) is 0.922. The lowest BCUT2D eigenvalue weighted by Gasteiger charge is -2.12. The number of aldehydes is 1. The Morgan fingerprint density at radius 3 is 2.21 bits per heavy atom. The SMILES string of the molecule is CC(C)Oc1ccc(-c2ccc(C=O)cc2)cc1Cl. The van der Waals surface area contributed by atoms with Crippen molar-refractivity contribution in [1.82, 2.24) is 0 Å². The lowest BCUT2D eigenvalue weighted by atomic mass is 10.0. The van der Waals surface area contributed by atoms with Gasteiger partial charge in [0.1, 0.15) is 12.0 Å². The average Bonchev–Trinajstić information content (AvgIpc) is 2.41. The smallest absolute Gasteiger partial charge is 0.150 e. The van der Waals surface area contributed by atoms with Gasteiger partial charge in [-0.05, 0) is 37.1 Å². The van der Waals surface area contributed by atoms with Crippen molar-refractivity contribution in [2.45, 2.75) is 20.0 Å². The van der Waals surface area contributed by atoms with Crippen LogP contribution in [0.4, 0.5) is 0 Å². The zero-order valence-corrected chi connectivity index (χ0v) is 11.6. The molecular formula is C16H15ClO2. The summed E-state index contributed by atoms with van der Waals surface area (Å²) in [4.78, 5) is 10.6. The monoisotopic (exact) mass is 274 g/mol. The third kappa shape index (κ3) is 3.36. The van der Waals surface area contributed by atoms with E-state index in [4.69, 9.17) is 16.3 Å². The average molecular weight is 275 g/mol. The normalized spacial score (nSPS) is 10.5. The van der Waals surface area contributed by atoms with Crippen LogP contribution in [0.3, 0.4) is 0 Å². The number of carbonyl (C=O) groups is 1. The van der Waals surface area contributed by atoms with Crippen LogP contribution in [0.5, 0.6) is 5.75 Å².